The van der Waals surface area contributed by atoms with Gasteiger partial charge in [-0.2, -0.15) is 0 Å². The molecule has 2 heterocycles. The lowest BCUT2D eigenvalue weighted by Crippen LogP contribution is -2.19. The van der Waals surface area contributed by atoms with E-state index in [0.717, 1.165) is 34.9 Å². The average Bonchev–Trinajstić information content (AvgIpc) is 2.95. The molecule has 1 atom stereocenters. The maximum Gasteiger partial charge on any atom is 0.404 e. The Bertz CT molecular complexity index is 936. The van der Waals surface area contributed by atoms with Crippen LogP contribution in [0.5, 0.6) is 0 Å². The highest BCUT2D eigenvalue weighted by Gasteiger charge is 2.19. The highest BCUT2D eigenvalue weighted by molar-refractivity contribution is 5.85. The van der Waals surface area contributed by atoms with Crippen molar-refractivity contribution in [2.75, 3.05) is 0 Å². The summed E-state index contributed by atoms with van der Waals surface area (Å²) in [6, 6.07) is 7.50. The summed E-state index contributed by atoms with van der Waals surface area (Å²) in [7, 11) is 0. The molecule has 5 nitrogen and oxygen atoms in total. The van der Waals surface area contributed by atoms with Crippen LogP contribution >= 0.6 is 0 Å². The van der Waals surface area contributed by atoms with Crippen molar-refractivity contribution in [2.24, 2.45) is 0 Å². The highest BCUT2D eigenvalue weighted by atomic mass is 19.1. The average molecular weight is 355 g/mol. The minimum atomic E-state index is -1.05. The SMILES string of the molecule is CCCC(c1ccncc1F)n1cc(C)c2cc(CNC(=O)O)ccc21. The van der Waals surface area contributed by atoms with Gasteiger partial charge in [0.2, 0.25) is 0 Å². The van der Waals surface area contributed by atoms with Crippen molar-refractivity contribution in [1.29, 1.82) is 0 Å². The minimum absolute atomic E-state index is 0.109. The summed E-state index contributed by atoms with van der Waals surface area (Å²) in [4.78, 5) is 14.6. The first kappa shape index (κ1) is 17.9. The monoisotopic (exact) mass is 355 g/mol. The van der Waals surface area contributed by atoms with Crippen LogP contribution in [0.25, 0.3) is 10.9 Å². The van der Waals surface area contributed by atoms with E-state index < -0.39 is 6.09 Å². The Labute approximate surface area is 151 Å². The Hall–Kier alpha value is -2.89. The summed E-state index contributed by atoms with van der Waals surface area (Å²) in [6.07, 6.45) is 5.61. The molecule has 1 aromatic carbocycles. The molecule has 2 aromatic heterocycles. The molecule has 1 amide bonds. The third-order valence-corrected chi connectivity index (χ3v) is 4.60. The van der Waals surface area contributed by atoms with E-state index in [9.17, 15) is 9.18 Å². The number of halogens is 1. The standard InChI is InChI=1S/C20H22FN3O2/c1-3-4-18(15-7-8-22-11-17(15)21)24-12-13(2)16-9-14(5-6-19(16)24)10-23-20(25)26/h5-9,11-12,18,23H,3-4,10H2,1-2H3,(H,25,26). The minimum Gasteiger partial charge on any atom is -0.465 e. The topological polar surface area (TPSA) is 67.2 Å². The largest absolute Gasteiger partial charge is 0.465 e. The Kier molecular flexibility index (Phi) is 5.21. The molecule has 26 heavy (non-hydrogen) atoms. The van der Waals surface area contributed by atoms with Crippen molar-refractivity contribution in [3.05, 3.63) is 65.4 Å². The fourth-order valence-corrected chi connectivity index (χ4v) is 3.39. The number of benzene rings is 1. The number of nitrogens with one attached hydrogen (secondary N) is 1. The van der Waals surface area contributed by atoms with Crippen LogP contribution in [0.2, 0.25) is 0 Å². The number of carboxylic acid groups (broad SMARTS) is 1. The predicted octanol–water partition coefficient (Wildman–Crippen LogP) is 4.64. The predicted molar refractivity (Wildman–Crippen MR) is 98.8 cm³/mol. The second-order valence-electron chi connectivity index (χ2n) is 6.43. The van der Waals surface area contributed by atoms with Crippen molar-refractivity contribution in [3.8, 4) is 0 Å². The molecule has 0 aliphatic heterocycles. The van der Waals surface area contributed by atoms with E-state index in [-0.39, 0.29) is 18.4 Å². The summed E-state index contributed by atoms with van der Waals surface area (Å²) in [5, 5.41) is 12.2. The van der Waals surface area contributed by atoms with E-state index in [2.05, 4.69) is 21.8 Å². The smallest absolute Gasteiger partial charge is 0.404 e. The van der Waals surface area contributed by atoms with Crippen LogP contribution < -0.4 is 5.32 Å². The molecule has 0 fully saturated rings. The van der Waals surface area contributed by atoms with E-state index in [1.54, 1.807) is 12.3 Å². The zero-order chi connectivity index (χ0) is 18.7. The Morgan fingerprint density at radius 1 is 1.38 bits per heavy atom. The third kappa shape index (κ3) is 3.54. The van der Waals surface area contributed by atoms with Crippen LogP contribution in [0.15, 0.2) is 42.9 Å². The molecule has 0 spiro atoms. The maximum atomic E-state index is 14.4. The van der Waals surface area contributed by atoms with Gasteiger partial charge in [0, 0.05) is 35.4 Å². The van der Waals surface area contributed by atoms with Gasteiger partial charge >= 0.3 is 6.09 Å². The number of nitrogens with zero attached hydrogens (tertiary/aromatic N) is 2. The van der Waals surface area contributed by atoms with Gasteiger partial charge < -0.3 is 15.0 Å². The Morgan fingerprint density at radius 2 is 2.19 bits per heavy atom. The van der Waals surface area contributed by atoms with Crippen molar-refractivity contribution < 1.29 is 14.3 Å². The van der Waals surface area contributed by atoms with E-state index in [1.165, 1.54) is 6.20 Å². The van der Waals surface area contributed by atoms with Gasteiger partial charge in [-0.05, 0) is 42.7 Å². The van der Waals surface area contributed by atoms with Crippen LogP contribution in [0.3, 0.4) is 0 Å². The highest BCUT2D eigenvalue weighted by Crippen LogP contribution is 2.32. The molecule has 0 saturated carbocycles. The second-order valence-corrected chi connectivity index (χ2v) is 6.43. The van der Waals surface area contributed by atoms with Crippen LogP contribution in [0, 0.1) is 12.7 Å². The number of hydrogen-bond donors (Lipinski definition) is 2. The van der Waals surface area contributed by atoms with Crippen LogP contribution in [-0.2, 0) is 6.54 Å². The number of fused-ring (bicyclic) bond motifs is 1. The molecule has 3 aromatic rings. The van der Waals surface area contributed by atoms with Crippen LogP contribution in [0.4, 0.5) is 9.18 Å². The third-order valence-electron chi connectivity index (χ3n) is 4.60. The number of amides is 1. The van der Waals surface area contributed by atoms with Crippen molar-refractivity contribution in [1.82, 2.24) is 14.9 Å². The molecule has 0 aliphatic carbocycles. The van der Waals surface area contributed by atoms with Gasteiger partial charge in [-0.25, -0.2) is 9.18 Å². The van der Waals surface area contributed by atoms with Crippen molar-refractivity contribution >= 4 is 17.0 Å². The van der Waals surface area contributed by atoms with E-state index in [4.69, 9.17) is 5.11 Å². The number of aromatic nitrogens is 2. The molecule has 136 valence electrons. The summed E-state index contributed by atoms with van der Waals surface area (Å²) in [5.74, 6) is -0.298. The molecule has 6 heteroatoms. The van der Waals surface area contributed by atoms with Gasteiger partial charge in [0.15, 0.2) is 0 Å². The molecular weight excluding hydrogens is 333 g/mol. The summed E-state index contributed by atoms with van der Waals surface area (Å²) < 4.78 is 16.5. The Balaban J connectivity index is 2.05. The van der Waals surface area contributed by atoms with Gasteiger partial charge in [-0.3, -0.25) is 4.98 Å². The number of aryl methyl sites for hydroxylation is 1. The van der Waals surface area contributed by atoms with E-state index in [0.29, 0.717) is 5.56 Å². The molecule has 0 saturated heterocycles. The summed E-state index contributed by atoms with van der Waals surface area (Å²) >= 11 is 0. The number of carbonyl (C=O) groups is 1. The summed E-state index contributed by atoms with van der Waals surface area (Å²) in [5.41, 5.74) is 3.61. The van der Waals surface area contributed by atoms with Crippen molar-refractivity contribution in [2.45, 2.75) is 39.3 Å². The van der Waals surface area contributed by atoms with Gasteiger partial charge in [0.25, 0.3) is 0 Å². The number of pyridine rings is 1. The van der Waals surface area contributed by atoms with Crippen LogP contribution in [0.1, 0.15) is 42.5 Å². The molecule has 1 unspecified atom stereocenters. The quantitative estimate of drug-likeness (QED) is 0.677. The Morgan fingerprint density at radius 3 is 2.88 bits per heavy atom. The van der Waals surface area contributed by atoms with Crippen molar-refractivity contribution in [3.63, 3.8) is 0 Å². The number of hydrogen-bond acceptors (Lipinski definition) is 2. The zero-order valence-electron chi connectivity index (χ0n) is 14.9. The lowest BCUT2D eigenvalue weighted by molar-refractivity contribution is 0.194. The fraction of sp³-hybridized carbons (Fsp3) is 0.300. The normalized spacial score (nSPS) is 12.3. The lowest BCUT2D eigenvalue weighted by Gasteiger charge is -2.21. The van der Waals surface area contributed by atoms with Crippen LogP contribution in [-0.4, -0.2) is 20.8 Å². The number of rotatable bonds is 6. The maximum absolute atomic E-state index is 14.4. The summed E-state index contributed by atoms with van der Waals surface area (Å²) in [6.45, 7) is 4.35. The molecule has 3 rings (SSSR count). The first-order valence-electron chi connectivity index (χ1n) is 8.67. The molecule has 2 N–H and O–H groups in total. The molecule has 0 aliphatic rings. The van der Waals surface area contributed by atoms with Gasteiger partial charge in [0.05, 0.1) is 12.2 Å². The first-order chi connectivity index (χ1) is 12.5. The van der Waals surface area contributed by atoms with E-state index in [1.807, 2.05) is 31.3 Å². The zero-order valence-corrected chi connectivity index (χ0v) is 14.9. The van der Waals surface area contributed by atoms with Gasteiger partial charge in [-0.1, -0.05) is 19.4 Å². The fourth-order valence-electron chi connectivity index (χ4n) is 3.39. The molecule has 0 radical (unpaired) electrons. The van der Waals surface area contributed by atoms with E-state index >= 15 is 0 Å². The van der Waals surface area contributed by atoms with Gasteiger partial charge in [0.1, 0.15) is 5.82 Å². The van der Waals surface area contributed by atoms with Gasteiger partial charge in [-0.15, -0.1) is 0 Å². The second kappa shape index (κ2) is 7.56. The molecule has 0 bridgehead atoms. The first-order valence-corrected chi connectivity index (χ1v) is 8.67. The molecular formula is C20H22FN3O2. The lowest BCUT2D eigenvalue weighted by atomic mass is 10.0.